The molecule has 4 rings (SSSR count). The fourth-order valence-corrected chi connectivity index (χ4v) is 3.62. The summed E-state index contributed by atoms with van der Waals surface area (Å²) < 4.78 is 5.20. The van der Waals surface area contributed by atoms with Crippen molar-refractivity contribution in [2.45, 2.75) is 38.4 Å². The molecule has 1 aromatic heterocycles. The summed E-state index contributed by atoms with van der Waals surface area (Å²) in [6.07, 6.45) is 2.88. The van der Waals surface area contributed by atoms with Gasteiger partial charge in [0.2, 0.25) is 5.91 Å². The van der Waals surface area contributed by atoms with Crippen LogP contribution in [0, 0.1) is 0 Å². The highest BCUT2D eigenvalue weighted by Gasteiger charge is 2.38. The van der Waals surface area contributed by atoms with Crippen molar-refractivity contribution in [3.05, 3.63) is 59.5 Å². The Hall–Kier alpha value is -3.09. The molecule has 1 saturated heterocycles. The van der Waals surface area contributed by atoms with Crippen molar-refractivity contribution in [1.82, 2.24) is 15.1 Å². The van der Waals surface area contributed by atoms with E-state index < -0.39 is 12.1 Å². The van der Waals surface area contributed by atoms with Gasteiger partial charge in [-0.1, -0.05) is 24.3 Å². The Morgan fingerprint density at radius 3 is 2.74 bits per heavy atom. The molecule has 1 atom stereocenters. The predicted octanol–water partition coefficient (Wildman–Crippen LogP) is 2.07. The number of imide groups is 1. The second-order valence-electron chi connectivity index (χ2n) is 6.88. The summed E-state index contributed by atoms with van der Waals surface area (Å²) in [4.78, 5) is 40.1. The average Bonchev–Trinajstić information content (AvgIpc) is 3.29. The maximum absolute atomic E-state index is 12.6. The first-order valence-corrected chi connectivity index (χ1v) is 9.10. The minimum Gasteiger partial charge on any atom is -0.467 e. The minimum absolute atomic E-state index is 0.0102. The highest BCUT2D eigenvalue weighted by molar-refractivity contribution is 6.04. The molecule has 0 bridgehead atoms. The number of carbonyl (C=O) groups is 3. The van der Waals surface area contributed by atoms with Crippen molar-refractivity contribution in [2.75, 3.05) is 6.54 Å². The molecular weight excluding hydrogens is 346 g/mol. The lowest BCUT2D eigenvalue weighted by Crippen LogP contribution is -2.37. The van der Waals surface area contributed by atoms with Gasteiger partial charge in [0.25, 0.3) is 5.91 Å². The number of fused-ring (bicyclic) bond motifs is 1. The van der Waals surface area contributed by atoms with Gasteiger partial charge >= 0.3 is 6.03 Å². The Kier molecular flexibility index (Phi) is 4.66. The van der Waals surface area contributed by atoms with E-state index >= 15 is 0 Å². The topological polar surface area (TPSA) is 82.9 Å². The van der Waals surface area contributed by atoms with E-state index in [-0.39, 0.29) is 24.8 Å². The standard InChI is InChI=1S/C20H21N3O4/c24-18(22-10-9-14-4-1-2-5-15(14)12-22)8-7-17-19(25)23(20(26)21-17)13-16-6-3-11-27-16/h1-6,11,17H,7-10,12-13H2,(H,21,26)/t17-/m1/s1. The van der Waals surface area contributed by atoms with E-state index in [1.54, 1.807) is 12.1 Å². The number of rotatable bonds is 5. The Morgan fingerprint density at radius 1 is 1.15 bits per heavy atom. The zero-order valence-electron chi connectivity index (χ0n) is 14.9. The van der Waals surface area contributed by atoms with Gasteiger partial charge in [0, 0.05) is 19.5 Å². The normalized spacial score (nSPS) is 19.2. The smallest absolute Gasteiger partial charge is 0.325 e. The molecular formula is C20H21N3O4. The van der Waals surface area contributed by atoms with E-state index in [1.165, 1.54) is 17.4 Å². The van der Waals surface area contributed by atoms with Crippen LogP contribution in [0.3, 0.4) is 0 Å². The van der Waals surface area contributed by atoms with E-state index in [9.17, 15) is 14.4 Å². The van der Waals surface area contributed by atoms with Crippen LogP contribution in [0.2, 0.25) is 0 Å². The Labute approximate surface area is 156 Å². The van der Waals surface area contributed by atoms with Gasteiger partial charge in [-0.25, -0.2) is 4.79 Å². The van der Waals surface area contributed by atoms with E-state index in [2.05, 4.69) is 11.4 Å². The van der Waals surface area contributed by atoms with Gasteiger partial charge < -0.3 is 14.6 Å². The highest BCUT2D eigenvalue weighted by Crippen LogP contribution is 2.20. The second kappa shape index (κ2) is 7.26. The molecule has 1 aromatic carbocycles. The van der Waals surface area contributed by atoms with Gasteiger partial charge in [-0.15, -0.1) is 0 Å². The predicted molar refractivity (Wildman–Crippen MR) is 96.4 cm³/mol. The van der Waals surface area contributed by atoms with Crippen LogP contribution in [0.1, 0.15) is 29.7 Å². The number of carbonyl (C=O) groups excluding carboxylic acids is 3. The summed E-state index contributed by atoms with van der Waals surface area (Å²) in [5.74, 6) is 0.242. The lowest BCUT2D eigenvalue weighted by molar-refractivity contribution is -0.132. The first-order valence-electron chi connectivity index (χ1n) is 9.10. The fraction of sp³-hybridized carbons (Fsp3) is 0.350. The molecule has 2 aromatic rings. The molecule has 1 N–H and O–H groups in total. The lowest BCUT2D eigenvalue weighted by atomic mass is 9.99. The van der Waals surface area contributed by atoms with Crippen molar-refractivity contribution in [3.8, 4) is 0 Å². The quantitative estimate of drug-likeness (QED) is 0.820. The molecule has 3 heterocycles. The van der Waals surface area contributed by atoms with Crippen LogP contribution >= 0.6 is 0 Å². The number of furan rings is 1. The minimum atomic E-state index is -0.659. The molecule has 4 amide bonds. The summed E-state index contributed by atoms with van der Waals surface area (Å²) in [5.41, 5.74) is 2.46. The molecule has 140 valence electrons. The third-order valence-corrected chi connectivity index (χ3v) is 5.13. The SMILES string of the molecule is O=C(CC[C@H]1NC(=O)N(Cc2ccco2)C1=O)N1CCc2ccccc2C1. The number of benzene rings is 1. The number of nitrogens with zero attached hydrogens (tertiary/aromatic N) is 2. The highest BCUT2D eigenvalue weighted by atomic mass is 16.3. The van der Waals surface area contributed by atoms with Crippen molar-refractivity contribution in [3.63, 3.8) is 0 Å². The molecule has 1 fully saturated rings. The van der Waals surface area contributed by atoms with Gasteiger partial charge in [-0.3, -0.25) is 14.5 Å². The zero-order valence-corrected chi connectivity index (χ0v) is 14.9. The van der Waals surface area contributed by atoms with Gasteiger partial charge in [0.15, 0.2) is 0 Å². The molecule has 0 saturated carbocycles. The summed E-state index contributed by atoms with van der Waals surface area (Å²) in [7, 11) is 0. The van der Waals surface area contributed by atoms with Crippen LogP contribution in [-0.2, 0) is 29.1 Å². The molecule has 2 aliphatic rings. The summed E-state index contributed by atoms with van der Waals surface area (Å²) >= 11 is 0. The van der Waals surface area contributed by atoms with Gasteiger partial charge in [0.1, 0.15) is 11.8 Å². The Bertz CT molecular complexity index is 862. The number of nitrogens with one attached hydrogen (secondary N) is 1. The van der Waals surface area contributed by atoms with Crippen molar-refractivity contribution in [2.24, 2.45) is 0 Å². The number of amides is 4. The van der Waals surface area contributed by atoms with Crippen LogP contribution in [0.4, 0.5) is 4.79 Å². The maximum atomic E-state index is 12.6. The van der Waals surface area contributed by atoms with Gasteiger partial charge in [-0.2, -0.15) is 0 Å². The van der Waals surface area contributed by atoms with Crippen LogP contribution in [0.15, 0.2) is 47.1 Å². The fourth-order valence-electron chi connectivity index (χ4n) is 3.62. The van der Waals surface area contributed by atoms with Crippen molar-refractivity contribution >= 4 is 17.8 Å². The first kappa shape index (κ1) is 17.3. The molecule has 7 nitrogen and oxygen atoms in total. The van der Waals surface area contributed by atoms with Gasteiger partial charge in [0.05, 0.1) is 12.8 Å². The van der Waals surface area contributed by atoms with Crippen molar-refractivity contribution < 1.29 is 18.8 Å². The summed E-state index contributed by atoms with van der Waals surface area (Å²) in [6.45, 7) is 1.39. The van der Waals surface area contributed by atoms with E-state index in [0.717, 1.165) is 11.3 Å². The Morgan fingerprint density at radius 2 is 1.96 bits per heavy atom. The third-order valence-electron chi connectivity index (χ3n) is 5.13. The van der Waals surface area contributed by atoms with Crippen LogP contribution in [-0.4, -0.2) is 40.2 Å². The second-order valence-corrected chi connectivity index (χ2v) is 6.88. The van der Waals surface area contributed by atoms with Crippen LogP contribution in [0.5, 0.6) is 0 Å². The molecule has 0 radical (unpaired) electrons. The first-order chi connectivity index (χ1) is 13.1. The van der Waals surface area contributed by atoms with E-state index in [4.69, 9.17) is 4.42 Å². The molecule has 0 unspecified atom stereocenters. The number of hydrogen-bond donors (Lipinski definition) is 1. The van der Waals surface area contributed by atoms with E-state index in [1.807, 2.05) is 23.1 Å². The monoisotopic (exact) mass is 367 g/mol. The number of hydrogen-bond acceptors (Lipinski definition) is 4. The lowest BCUT2D eigenvalue weighted by Gasteiger charge is -2.29. The average molecular weight is 367 g/mol. The molecule has 2 aliphatic heterocycles. The Balaban J connectivity index is 1.32. The zero-order chi connectivity index (χ0) is 18.8. The molecule has 27 heavy (non-hydrogen) atoms. The largest absolute Gasteiger partial charge is 0.467 e. The summed E-state index contributed by atoms with van der Waals surface area (Å²) in [5, 5.41) is 2.67. The molecule has 0 spiro atoms. The van der Waals surface area contributed by atoms with E-state index in [0.29, 0.717) is 25.3 Å². The summed E-state index contributed by atoms with van der Waals surface area (Å²) in [6, 6.07) is 10.5. The number of urea groups is 1. The van der Waals surface area contributed by atoms with Gasteiger partial charge in [-0.05, 0) is 36.1 Å². The third kappa shape index (κ3) is 3.58. The van der Waals surface area contributed by atoms with Crippen molar-refractivity contribution in [1.29, 1.82) is 0 Å². The maximum Gasteiger partial charge on any atom is 0.325 e. The molecule has 0 aliphatic carbocycles. The van der Waals surface area contributed by atoms with Crippen LogP contribution < -0.4 is 5.32 Å². The molecule has 7 heteroatoms. The van der Waals surface area contributed by atoms with Crippen LogP contribution in [0.25, 0.3) is 0 Å².